The lowest BCUT2D eigenvalue weighted by Crippen LogP contribution is -2.32. The SMILES string of the molecule is O=C(c1cnccn1)N1CCCn2c(nc(Cn3ccnc3)cc2=O)C1. The minimum absolute atomic E-state index is 0.0982. The molecule has 4 rings (SSSR count). The first-order valence-electron chi connectivity index (χ1n) is 8.31. The maximum absolute atomic E-state index is 12.7. The molecule has 0 bridgehead atoms. The number of aromatic nitrogens is 6. The summed E-state index contributed by atoms with van der Waals surface area (Å²) >= 11 is 0. The van der Waals surface area contributed by atoms with Crippen molar-refractivity contribution in [3.63, 3.8) is 0 Å². The second-order valence-corrected chi connectivity index (χ2v) is 6.06. The highest BCUT2D eigenvalue weighted by Gasteiger charge is 2.23. The molecule has 9 nitrogen and oxygen atoms in total. The molecule has 0 atom stereocenters. The van der Waals surface area contributed by atoms with Gasteiger partial charge in [-0.2, -0.15) is 0 Å². The van der Waals surface area contributed by atoms with Gasteiger partial charge in [-0.15, -0.1) is 0 Å². The van der Waals surface area contributed by atoms with Gasteiger partial charge in [0.15, 0.2) is 0 Å². The molecule has 3 aromatic heterocycles. The summed E-state index contributed by atoms with van der Waals surface area (Å²) in [5.41, 5.74) is 0.838. The van der Waals surface area contributed by atoms with Crippen LogP contribution in [-0.2, 0) is 19.6 Å². The molecule has 0 N–H and O–H groups in total. The van der Waals surface area contributed by atoms with Gasteiger partial charge >= 0.3 is 0 Å². The highest BCUT2D eigenvalue weighted by atomic mass is 16.2. The van der Waals surface area contributed by atoms with Crippen molar-refractivity contribution in [2.75, 3.05) is 6.54 Å². The first kappa shape index (κ1) is 16.1. The fraction of sp³-hybridized carbons (Fsp3) is 0.294. The Bertz CT molecular complexity index is 967. The summed E-state index contributed by atoms with van der Waals surface area (Å²) in [5.74, 6) is 0.378. The zero-order valence-corrected chi connectivity index (χ0v) is 14.0. The van der Waals surface area contributed by atoms with Gasteiger partial charge in [-0.25, -0.2) is 15.0 Å². The quantitative estimate of drug-likeness (QED) is 0.674. The summed E-state index contributed by atoms with van der Waals surface area (Å²) in [6.45, 7) is 1.80. The van der Waals surface area contributed by atoms with Crippen molar-refractivity contribution in [2.45, 2.75) is 26.1 Å². The van der Waals surface area contributed by atoms with Gasteiger partial charge in [-0.1, -0.05) is 0 Å². The Morgan fingerprint density at radius 2 is 2.08 bits per heavy atom. The van der Waals surface area contributed by atoms with Crippen molar-refractivity contribution in [3.05, 3.63) is 70.9 Å². The molecule has 0 aromatic carbocycles. The summed E-state index contributed by atoms with van der Waals surface area (Å²) < 4.78 is 3.49. The van der Waals surface area contributed by atoms with E-state index in [1.807, 2.05) is 10.8 Å². The second-order valence-electron chi connectivity index (χ2n) is 6.06. The van der Waals surface area contributed by atoms with Gasteiger partial charge in [0.05, 0.1) is 31.3 Å². The largest absolute Gasteiger partial charge is 0.331 e. The van der Waals surface area contributed by atoms with Crippen LogP contribution in [0.3, 0.4) is 0 Å². The molecule has 0 radical (unpaired) electrons. The third-order valence-corrected chi connectivity index (χ3v) is 4.26. The van der Waals surface area contributed by atoms with E-state index in [1.165, 1.54) is 18.6 Å². The van der Waals surface area contributed by atoms with Gasteiger partial charge in [-0.05, 0) is 6.42 Å². The van der Waals surface area contributed by atoms with Gasteiger partial charge in [0, 0.05) is 43.9 Å². The molecule has 9 heteroatoms. The van der Waals surface area contributed by atoms with Crippen molar-refractivity contribution in [3.8, 4) is 0 Å². The van der Waals surface area contributed by atoms with Crippen molar-refractivity contribution in [1.29, 1.82) is 0 Å². The number of rotatable bonds is 3. The molecule has 0 saturated heterocycles. The lowest BCUT2D eigenvalue weighted by atomic mass is 10.3. The molecule has 1 aliphatic rings. The zero-order chi connectivity index (χ0) is 17.9. The van der Waals surface area contributed by atoms with Crippen molar-refractivity contribution < 1.29 is 4.79 Å². The van der Waals surface area contributed by atoms with Gasteiger partial charge < -0.3 is 9.47 Å². The molecule has 3 aromatic rings. The van der Waals surface area contributed by atoms with Gasteiger partial charge in [0.2, 0.25) is 0 Å². The van der Waals surface area contributed by atoms with E-state index < -0.39 is 0 Å². The standard InChI is InChI=1S/C17H17N7O2/c25-16-8-13(10-22-7-4-19-12-22)21-15-11-23(5-1-6-24(15)16)17(26)14-9-18-2-3-20-14/h2-4,7-9,12H,1,5-6,10-11H2. The van der Waals surface area contributed by atoms with E-state index in [2.05, 4.69) is 19.9 Å². The molecule has 0 spiro atoms. The predicted molar refractivity (Wildman–Crippen MR) is 91.2 cm³/mol. The molecule has 1 aliphatic heterocycles. The van der Waals surface area contributed by atoms with Crippen LogP contribution in [0, 0.1) is 0 Å². The van der Waals surface area contributed by atoms with E-state index in [9.17, 15) is 9.59 Å². The van der Waals surface area contributed by atoms with Crippen LogP contribution in [0.2, 0.25) is 0 Å². The number of imidazole rings is 1. The van der Waals surface area contributed by atoms with Crippen LogP contribution in [0.15, 0.2) is 48.2 Å². The monoisotopic (exact) mass is 351 g/mol. The van der Waals surface area contributed by atoms with Gasteiger partial charge in [0.25, 0.3) is 11.5 Å². The van der Waals surface area contributed by atoms with Crippen LogP contribution in [0.5, 0.6) is 0 Å². The van der Waals surface area contributed by atoms with E-state index in [0.29, 0.717) is 37.6 Å². The molecule has 0 aliphatic carbocycles. The Labute approximate surface area is 149 Å². The topological polar surface area (TPSA) is 98.8 Å². The first-order valence-corrected chi connectivity index (χ1v) is 8.31. The van der Waals surface area contributed by atoms with Crippen LogP contribution < -0.4 is 5.56 Å². The smallest absolute Gasteiger partial charge is 0.274 e. The van der Waals surface area contributed by atoms with Crippen LogP contribution in [0.1, 0.15) is 28.4 Å². The number of nitrogens with zero attached hydrogens (tertiary/aromatic N) is 7. The molecular formula is C17H17N7O2. The Kier molecular flexibility index (Phi) is 4.26. The normalized spacial score (nSPS) is 13.9. The maximum Gasteiger partial charge on any atom is 0.274 e. The minimum atomic E-state index is -0.208. The van der Waals surface area contributed by atoms with E-state index in [0.717, 1.165) is 0 Å². The van der Waals surface area contributed by atoms with Crippen molar-refractivity contribution in [2.24, 2.45) is 0 Å². The molecular weight excluding hydrogens is 334 g/mol. The Morgan fingerprint density at radius 3 is 2.85 bits per heavy atom. The summed E-state index contributed by atoms with van der Waals surface area (Å²) in [6, 6.07) is 1.55. The van der Waals surface area contributed by atoms with Gasteiger partial charge in [-0.3, -0.25) is 19.1 Å². The Balaban J connectivity index is 1.63. The highest BCUT2D eigenvalue weighted by molar-refractivity contribution is 5.91. The summed E-state index contributed by atoms with van der Waals surface area (Å²) in [5, 5.41) is 0. The Hall–Kier alpha value is -3.36. The lowest BCUT2D eigenvalue weighted by Gasteiger charge is -2.19. The highest BCUT2D eigenvalue weighted by Crippen LogP contribution is 2.12. The Morgan fingerprint density at radius 1 is 1.15 bits per heavy atom. The second kappa shape index (κ2) is 6.87. The fourth-order valence-electron chi connectivity index (χ4n) is 3.03. The van der Waals surface area contributed by atoms with Crippen LogP contribution in [0.4, 0.5) is 0 Å². The van der Waals surface area contributed by atoms with Crippen LogP contribution in [-0.4, -0.2) is 46.4 Å². The summed E-state index contributed by atoms with van der Waals surface area (Å²) in [4.78, 5) is 43.5. The summed E-state index contributed by atoms with van der Waals surface area (Å²) in [7, 11) is 0. The van der Waals surface area contributed by atoms with E-state index in [-0.39, 0.29) is 23.7 Å². The average Bonchev–Trinajstić information content (AvgIpc) is 3.06. The van der Waals surface area contributed by atoms with Crippen LogP contribution in [0.25, 0.3) is 0 Å². The average molecular weight is 351 g/mol. The number of carbonyl (C=O) groups excluding carboxylic acids is 1. The molecule has 132 valence electrons. The lowest BCUT2D eigenvalue weighted by molar-refractivity contribution is 0.0737. The number of carbonyl (C=O) groups is 1. The number of amides is 1. The van der Waals surface area contributed by atoms with E-state index >= 15 is 0 Å². The van der Waals surface area contributed by atoms with Crippen molar-refractivity contribution in [1.82, 2.24) is 34.0 Å². The molecule has 1 amide bonds. The molecule has 0 saturated carbocycles. The fourth-order valence-corrected chi connectivity index (χ4v) is 3.03. The summed E-state index contributed by atoms with van der Waals surface area (Å²) in [6.07, 6.45) is 10.3. The zero-order valence-electron chi connectivity index (χ0n) is 14.0. The van der Waals surface area contributed by atoms with E-state index in [1.54, 1.807) is 28.1 Å². The van der Waals surface area contributed by atoms with Gasteiger partial charge in [0.1, 0.15) is 11.5 Å². The van der Waals surface area contributed by atoms with Crippen LogP contribution >= 0.6 is 0 Å². The first-order chi connectivity index (χ1) is 12.7. The third-order valence-electron chi connectivity index (χ3n) is 4.26. The number of fused-ring (bicyclic) bond motifs is 1. The molecule has 0 unspecified atom stereocenters. The van der Waals surface area contributed by atoms with Crippen molar-refractivity contribution >= 4 is 5.91 Å². The maximum atomic E-state index is 12.7. The third kappa shape index (κ3) is 3.23. The minimum Gasteiger partial charge on any atom is -0.331 e. The molecule has 26 heavy (non-hydrogen) atoms. The van der Waals surface area contributed by atoms with E-state index in [4.69, 9.17) is 0 Å². The predicted octanol–water partition coefficient (Wildman–Crippen LogP) is 0.324. The number of hydrogen-bond donors (Lipinski definition) is 0. The molecule has 0 fully saturated rings. The molecule has 4 heterocycles. The number of hydrogen-bond acceptors (Lipinski definition) is 6.